The van der Waals surface area contributed by atoms with Crippen molar-refractivity contribution in [2.75, 3.05) is 13.2 Å². The van der Waals surface area contributed by atoms with E-state index in [1.165, 1.54) is 0 Å². The molecule has 0 bridgehead atoms. The van der Waals surface area contributed by atoms with Gasteiger partial charge in [0.15, 0.2) is 0 Å². The first-order valence-corrected chi connectivity index (χ1v) is 12.8. The van der Waals surface area contributed by atoms with Crippen LogP contribution in [0.3, 0.4) is 0 Å². The summed E-state index contributed by atoms with van der Waals surface area (Å²) in [6, 6.07) is 14.9. The summed E-state index contributed by atoms with van der Waals surface area (Å²) in [6.07, 6.45) is 0.154. The molecule has 1 atom stereocenters. The predicted octanol–water partition coefficient (Wildman–Crippen LogP) is 5.79. The number of unbranched alkanes of at least 4 members (excludes halogenated alkanes) is 1. The minimum absolute atomic E-state index is 0.0518. The van der Waals surface area contributed by atoms with E-state index in [2.05, 4.69) is 17.4 Å². The van der Waals surface area contributed by atoms with E-state index in [0.29, 0.717) is 19.4 Å². The first-order valence-electron chi connectivity index (χ1n) is 12.8. The molecule has 0 radical (unpaired) electrons. The first kappa shape index (κ1) is 28.0. The molecule has 1 aliphatic carbocycles. The van der Waals surface area contributed by atoms with Crippen LogP contribution in [0.4, 0.5) is 9.59 Å². The Morgan fingerprint density at radius 3 is 2.05 bits per heavy atom. The van der Waals surface area contributed by atoms with Gasteiger partial charge in [-0.05, 0) is 76.1 Å². The second-order valence-electron chi connectivity index (χ2n) is 10.6. The highest BCUT2D eigenvalue weighted by Gasteiger charge is 2.30. The molecule has 1 aliphatic rings. The van der Waals surface area contributed by atoms with E-state index in [4.69, 9.17) is 9.47 Å². The van der Waals surface area contributed by atoms with Crippen molar-refractivity contribution >= 4 is 18.2 Å². The van der Waals surface area contributed by atoms with Gasteiger partial charge in [-0.25, -0.2) is 14.4 Å². The summed E-state index contributed by atoms with van der Waals surface area (Å²) in [5.74, 6) is -1.22. The van der Waals surface area contributed by atoms with Gasteiger partial charge in [-0.2, -0.15) is 0 Å². The molecule has 37 heavy (non-hydrogen) atoms. The van der Waals surface area contributed by atoms with Crippen LogP contribution in [-0.2, 0) is 14.3 Å². The third-order valence-electron chi connectivity index (χ3n) is 6.33. The van der Waals surface area contributed by atoms with E-state index in [-0.39, 0.29) is 25.0 Å². The SMILES string of the molecule is CC(C)N(CCCC[C@H](NC(=O)OCC1c2ccccc2-c2ccccc21)C(=O)O)C(=O)OC(C)(C)C. The molecule has 8 heteroatoms. The van der Waals surface area contributed by atoms with Crippen molar-refractivity contribution < 1.29 is 29.0 Å². The lowest BCUT2D eigenvalue weighted by Crippen LogP contribution is -2.42. The van der Waals surface area contributed by atoms with E-state index in [1.54, 1.807) is 4.90 Å². The second kappa shape index (κ2) is 12.1. The number of carbonyl (C=O) groups excluding carboxylic acids is 2. The Morgan fingerprint density at radius 1 is 0.973 bits per heavy atom. The summed E-state index contributed by atoms with van der Waals surface area (Å²) in [5, 5.41) is 12.1. The minimum atomic E-state index is -1.12. The summed E-state index contributed by atoms with van der Waals surface area (Å²) < 4.78 is 11.0. The van der Waals surface area contributed by atoms with Crippen molar-refractivity contribution in [3.63, 3.8) is 0 Å². The largest absolute Gasteiger partial charge is 0.480 e. The van der Waals surface area contributed by atoms with Crippen molar-refractivity contribution in [1.29, 1.82) is 0 Å². The highest BCUT2D eigenvalue weighted by atomic mass is 16.6. The second-order valence-corrected chi connectivity index (χ2v) is 10.6. The van der Waals surface area contributed by atoms with Crippen LogP contribution >= 0.6 is 0 Å². The lowest BCUT2D eigenvalue weighted by atomic mass is 9.98. The maximum absolute atomic E-state index is 12.5. The number of nitrogens with zero attached hydrogens (tertiary/aromatic N) is 1. The van der Waals surface area contributed by atoms with Gasteiger partial charge in [0.2, 0.25) is 0 Å². The zero-order valence-electron chi connectivity index (χ0n) is 22.3. The van der Waals surface area contributed by atoms with E-state index in [9.17, 15) is 19.5 Å². The molecule has 0 saturated carbocycles. The average molecular weight is 511 g/mol. The van der Waals surface area contributed by atoms with Gasteiger partial charge >= 0.3 is 18.2 Å². The normalized spacial score (nSPS) is 13.5. The summed E-state index contributed by atoms with van der Waals surface area (Å²) in [6.45, 7) is 9.81. The lowest BCUT2D eigenvalue weighted by Gasteiger charge is -2.30. The maximum atomic E-state index is 12.5. The molecule has 3 rings (SSSR count). The number of nitrogens with one attached hydrogen (secondary N) is 1. The van der Waals surface area contributed by atoms with Crippen LogP contribution in [0, 0.1) is 0 Å². The molecule has 8 nitrogen and oxygen atoms in total. The molecule has 0 heterocycles. The van der Waals surface area contributed by atoms with Crippen LogP contribution in [0.2, 0.25) is 0 Å². The quantitative estimate of drug-likeness (QED) is 0.392. The number of carboxylic acids is 1. The molecule has 0 spiro atoms. The number of ether oxygens (including phenoxy) is 2. The zero-order chi connectivity index (χ0) is 27.2. The highest BCUT2D eigenvalue weighted by molar-refractivity contribution is 5.81. The molecular formula is C29H38N2O6. The Kier molecular flexibility index (Phi) is 9.18. The summed E-state index contributed by atoms with van der Waals surface area (Å²) >= 11 is 0. The Balaban J connectivity index is 1.50. The Morgan fingerprint density at radius 2 is 1.54 bits per heavy atom. The van der Waals surface area contributed by atoms with Gasteiger partial charge in [0.05, 0.1) is 0 Å². The molecule has 200 valence electrons. The number of carbonyl (C=O) groups is 3. The number of benzene rings is 2. The van der Waals surface area contributed by atoms with Crippen molar-refractivity contribution in [1.82, 2.24) is 10.2 Å². The topological polar surface area (TPSA) is 105 Å². The number of hydrogen-bond acceptors (Lipinski definition) is 5. The monoisotopic (exact) mass is 510 g/mol. The van der Waals surface area contributed by atoms with Crippen LogP contribution in [0.25, 0.3) is 11.1 Å². The van der Waals surface area contributed by atoms with Crippen molar-refractivity contribution in [3.8, 4) is 11.1 Å². The Hall–Kier alpha value is -3.55. The highest BCUT2D eigenvalue weighted by Crippen LogP contribution is 2.44. The summed E-state index contributed by atoms with van der Waals surface area (Å²) in [7, 11) is 0. The van der Waals surface area contributed by atoms with Gasteiger partial charge in [-0.3, -0.25) is 0 Å². The van der Waals surface area contributed by atoms with Crippen LogP contribution in [0.15, 0.2) is 48.5 Å². The molecule has 2 N–H and O–H groups in total. The fourth-order valence-corrected chi connectivity index (χ4v) is 4.55. The first-order chi connectivity index (χ1) is 17.5. The lowest BCUT2D eigenvalue weighted by molar-refractivity contribution is -0.139. The van der Waals surface area contributed by atoms with Crippen LogP contribution < -0.4 is 5.32 Å². The van der Waals surface area contributed by atoms with Gasteiger partial charge in [-0.1, -0.05) is 48.5 Å². The van der Waals surface area contributed by atoms with Crippen molar-refractivity contribution in [2.45, 2.75) is 77.5 Å². The number of fused-ring (bicyclic) bond motifs is 3. The Bertz CT molecular complexity index is 1060. The van der Waals surface area contributed by atoms with Gasteiger partial charge in [-0.15, -0.1) is 0 Å². The third kappa shape index (κ3) is 7.47. The van der Waals surface area contributed by atoms with Crippen LogP contribution in [0.1, 0.15) is 70.9 Å². The number of alkyl carbamates (subject to hydrolysis) is 1. The van der Waals surface area contributed by atoms with E-state index >= 15 is 0 Å². The fraction of sp³-hybridized carbons (Fsp3) is 0.483. The number of hydrogen-bond donors (Lipinski definition) is 2. The Labute approximate surface area is 219 Å². The predicted molar refractivity (Wildman–Crippen MR) is 142 cm³/mol. The van der Waals surface area contributed by atoms with Crippen molar-refractivity contribution in [3.05, 3.63) is 59.7 Å². The van der Waals surface area contributed by atoms with Crippen LogP contribution in [-0.4, -0.2) is 59.0 Å². The number of aliphatic carboxylic acids is 1. The van der Waals surface area contributed by atoms with Gasteiger partial charge in [0.25, 0.3) is 0 Å². The molecule has 2 aromatic rings. The smallest absolute Gasteiger partial charge is 0.410 e. The number of carboxylic acid groups (broad SMARTS) is 1. The third-order valence-corrected chi connectivity index (χ3v) is 6.33. The van der Waals surface area contributed by atoms with Gasteiger partial charge < -0.3 is 24.8 Å². The summed E-state index contributed by atoms with van der Waals surface area (Å²) in [4.78, 5) is 38.4. The molecule has 0 aromatic heterocycles. The molecular weight excluding hydrogens is 472 g/mol. The van der Waals surface area contributed by atoms with Crippen molar-refractivity contribution in [2.24, 2.45) is 0 Å². The molecule has 2 amide bonds. The van der Waals surface area contributed by atoms with Gasteiger partial charge in [0, 0.05) is 18.5 Å². The minimum Gasteiger partial charge on any atom is -0.480 e. The zero-order valence-corrected chi connectivity index (χ0v) is 22.3. The number of amides is 2. The molecule has 0 unspecified atom stereocenters. The standard InChI is InChI=1S/C29H38N2O6/c1-19(2)31(28(35)37-29(3,4)5)17-11-10-16-25(26(32)33)30-27(34)36-18-24-22-14-8-6-12-20(22)21-13-7-9-15-23(21)24/h6-9,12-15,19,24-25H,10-11,16-18H2,1-5H3,(H,30,34)(H,32,33)/t25-/m0/s1. The molecule has 0 fully saturated rings. The molecule has 2 aromatic carbocycles. The van der Waals surface area contributed by atoms with Crippen LogP contribution in [0.5, 0.6) is 0 Å². The van der Waals surface area contributed by atoms with E-state index in [0.717, 1.165) is 22.3 Å². The fourth-order valence-electron chi connectivity index (χ4n) is 4.55. The molecule has 0 aliphatic heterocycles. The molecule has 0 saturated heterocycles. The number of rotatable bonds is 10. The van der Waals surface area contributed by atoms with Gasteiger partial charge in [0.1, 0.15) is 18.2 Å². The average Bonchev–Trinajstić information content (AvgIpc) is 3.14. The summed E-state index contributed by atoms with van der Waals surface area (Å²) in [5.41, 5.74) is 3.83. The van der Waals surface area contributed by atoms with E-state index < -0.39 is 29.8 Å². The van der Waals surface area contributed by atoms with E-state index in [1.807, 2.05) is 71.0 Å². The maximum Gasteiger partial charge on any atom is 0.410 e.